The SMILES string of the molecule is CCCNCC(Cc1c(Cl)cccc1Cl)CC(C)C. The molecule has 0 saturated carbocycles. The number of hydrogen-bond acceptors (Lipinski definition) is 1. The van der Waals surface area contributed by atoms with Crippen molar-refractivity contribution in [2.45, 2.75) is 40.0 Å². The molecule has 1 aromatic rings. The lowest BCUT2D eigenvalue weighted by Gasteiger charge is -2.21. The molecule has 0 fully saturated rings. The lowest BCUT2D eigenvalue weighted by Crippen LogP contribution is -2.26. The molecule has 0 amide bonds. The van der Waals surface area contributed by atoms with Gasteiger partial charge in [-0.25, -0.2) is 0 Å². The van der Waals surface area contributed by atoms with Crippen LogP contribution in [0.15, 0.2) is 18.2 Å². The minimum atomic E-state index is 0.587. The van der Waals surface area contributed by atoms with Crippen LogP contribution in [-0.4, -0.2) is 13.1 Å². The first-order valence-electron chi connectivity index (χ1n) is 7.18. The second-order valence-electron chi connectivity index (χ2n) is 5.60. The van der Waals surface area contributed by atoms with Crippen LogP contribution in [-0.2, 0) is 6.42 Å². The minimum Gasteiger partial charge on any atom is -0.316 e. The van der Waals surface area contributed by atoms with Crippen molar-refractivity contribution in [2.24, 2.45) is 11.8 Å². The van der Waals surface area contributed by atoms with Gasteiger partial charge in [0.25, 0.3) is 0 Å². The monoisotopic (exact) mass is 301 g/mol. The lowest BCUT2D eigenvalue weighted by molar-refractivity contribution is 0.385. The number of rotatable bonds is 8. The van der Waals surface area contributed by atoms with Gasteiger partial charge in [0.2, 0.25) is 0 Å². The Kier molecular flexibility index (Phi) is 7.82. The number of nitrogens with one attached hydrogen (secondary N) is 1. The highest BCUT2D eigenvalue weighted by molar-refractivity contribution is 6.35. The highest BCUT2D eigenvalue weighted by Crippen LogP contribution is 2.28. The average molecular weight is 302 g/mol. The molecule has 0 spiro atoms. The highest BCUT2D eigenvalue weighted by Gasteiger charge is 2.15. The Morgan fingerprint density at radius 3 is 2.32 bits per heavy atom. The van der Waals surface area contributed by atoms with Gasteiger partial charge in [0, 0.05) is 10.0 Å². The maximum atomic E-state index is 6.27. The second kappa shape index (κ2) is 8.84. The van der Waals surface area contributed by atoms with Crippen LogP contribution in [0.5, 0.6) is 0 Å². The number of halogens is 2. The molecule has 0 aliphatic heterocycles. The summed E-state index contributed by atoms with van der Waals surface area (Å²) in [4.78, 5) is 0. The zero-order valence-corrected chi connectivity index (χ0v) is 13.7. The van der Waals surface area contributed by atoms with E-state index in [0.29, 0.717) is 11.8 Å². The Morgan fingerprint density at radius 2 is 1.79 bits per heavy atom. The first kappa shape index (κ1) is 16.8. The maximum Gasteiger partial charge on any atom is 0.0452 e. The Hall–Kier alpha value is -0.240. The zero-order chi connectivity index (χ0) is 14.3. The summed E-state index contributed by atoms with van der Waals surface area (Å²) in [6.45, 7) is 8.83. The molecular formula is C16H25Cl2N. The fourth-order valence-corrected chi connectivity index (χ4v) is 2.96. The Morgan fingerprint density at radius 1 is 1.16 bits per heavy atom. The van der Waals surface area contributed by atoms with Gasteiger partial charge in [-0.1, -0.05) is 50.0 Å². The fraction of sp³-hybridized carbons (Fsp3) is 0.625. The molecule has 0 aliphatic rings. The minimum absolute atomic E-state index is 0.587. The van der Waals surface area contributed by atoms with E-state index in [1.54, 1.807) is 0 Å². The molecule has 0 aliphatic carbocycles. The molecule has 1 rings (SSSR count). The Labute approximate surface area is 127 Å². The predicted octanol–water partition coefficient (Wildman–Crippen LogP) is 5.20. The smallest absolute Gasteiger partial charge is 0.0452 e. The third-order valence-electron chi connectivity index (χ3n) is 3.22. The van der Waals surface area contributed by atoms with Gasteiger partial charge in [0.05, 0.1) is 0 Å². The summed E-state index contributed by atoms with van der Waals surface area (Å²) in [7, 11) is 0. The molecule has 0 radical (unpaired) electrons. The molecule has 1 N–H and O–H groups in total. The Balaban J connectivity index is 2.69. The van der Waals surface area contributed by atoms with Crippen molar-refractivity contribution in [3.05, 3.63) is 33.8 Å². The fourth-order valence-electron chi connectivity index (χ4n) is 2.40. The van der Waals surface area contributed by atoms with E-state index in [1.165, 1.54) is 12.8 Å². The van der Waals surface area contributed by atoms with Gasteiger partial charge < -0.3 is 5.32 Å². The van der Waals surface area contributed by atoms with E-state index in [9.17, 15) is 0 Å². The van der Waals surface area contributed by atoms with Gasteiger partial charge >= 0.3 is 0 Å². The van der Waals surface area contributed by atoms with Crippen molar-refractivity contribution in [1.82, 2.24) is 5.32 Å². The molecule has 0 bridgehead atoms. The van der Waals surface area contributed by atoms with E-state index in [0.717, 1.165) is 35.1 Å². The van der Waals surface area contributed by atoms with Crippen LogP contribution in [0.4, 0.5) is 0 Å². The van der Waals surface area contributed by atoms with Crippen LogP contribution in [0.25, 0.3) is 0 Å². The molecule has 1 aromatic carbocycles. The van der Waals surface area contributed by atoms with Gasteiger partial charge in [0.1, 0.15) is 0 Å². The van der Waals surface area contributed by atoms with Crippen LogP contribution >= 0.6 is 23.2 Å². The Bertz CT molecular complexity index is 357. The van der Waals surface area contributed by atoms with E-state index in [4.69, 9.17) is 23.2 Å². The van der Waals surface area contributed by atoms with E-state index >= 15 is 0 Å². The summed E-state index contributed by atoms with van der Waals surface area (Å²) in [5.74, 6) is 1.28. The number of benzene rings is 1. The summed E-state index contributed by atoms with van der Waals surface area (Å²) < 4.78 is 0. The van der Waals surface area contributed by atoms with Gasteiger partial charge in [0.15, 0.2) is 0 Å². The normalized spacial score (nSPS) is 12.9. The second-order valence-corrected chi connectivity index (χ2v) is 6.42. The van der Waals surface area contributed by atoms with Crippen molar-refractivity contribution in [2.75, 3.05) is 13.1 Å². The topological polar surface area (TPSA) is 12.0 Å². The third-order valence-corrected chi connectivity index (χ3v) is 3.93. The quantitative estimate of drug-likeness (QED) is 0.651. The summed E-state index contributed by atoms with van der Waals surface area (Å²) in [5, 5.41) is 5.09. The molecule has 1 unspecified atom stereocenters. The summed E-state index contributed by atoms with van der Waals surface area (Å²) in [6, 6.07) is 5.75. The molecule has 19 heavy (non-hydrogen) atoms. The van der Waals surface area contributed by atoms with Gasteiger partial charge in [-0.05, 0) is 61.9 Å². The van der Waals surface area contributed by atoms with Gasteiger partial charge in [-0.3, -0.25) is 0 Å². The molecule has 0 saturated heterocycles. The standard InChI is InChI=1S/C16H25Cl2N/c1-4-8-19-11-13(9-12(2)3)10-14-15(17)6-5-7-16(14)18/h5-7,12-13,19H,4,8-11H2,1-3H3. The maximum absolute atomic E-state index is 6.27. The first-order valence-corrected chi connectivity index (χ1v) is 7.93. The predicted molar refractivity (Wildman–Crippen MR) is 86.3 cm³/mol. The molecule has 1 atom stereocenters. The summed E-state index contributed by atoms with van der Waals surface area (Å²) in [6.07, 6.45) is 3.31. The van der Waals surface area contributed by atoms with Gasteiger partial charge in [-0.15, -0.1) is 0 Å². The van der Waals surface area contributed by atoms with Crippen molar-refractivity contribution >= 4 is 23.2 Å². The van der Waals surface area contributed by atoms with E-state index in [2.05, 4.69) is 26.1 Å². The van der Waals surface area contributed by atoms with Crippen molar-refractivity contribution in [3.63, 3.8) is 0 Å². The summed E-state index contributed by atoms with van der Waals surface area (Å²) in [5.41, 5.74) is 1.09. The van der Waals surface area contributed by atoms with E-state index in [-0.39, 0.29) is 0 Å². The van der Waals surface area contributed by atoms with Crippen LogP contribution in [0.3, 0.4) is 0 Å². The first-order chi connectivity index (χ1) is 9.04. The van der Waals surface area contributed by atoms with E-state index < -0.39 is 0 Å². The van der Waals surface area contributed by atoms with Crippen molar-refractivity contribution < 1.29 is 0 Å². The molecule has 0 heterocycles. The number of hydrogen-bond donors (Lipinski definition) is 1. The molecule has 108 valence electrons. The lowest BCUT2D eigenvalue weighted by atomic mass is 9.90. The zero-order valence-electron chi connectivity index (χ0n) is 12.2. The van der Waals surface area contributed by atoms with Crippen LogP contribution in [0.1, 0.15) is 39.2 Å². The van der Waals surface area contributed by atoms with Crippen molar-refractivity contribution in [1.29, 1.82) is 0 Å². The average Bonchev–Trinajstić information content (AvgIpc) is 2.33. The van der Waals surface area contributed by atoms with Crippen LogP contribution in [0.2, 0.25) is 10.0 Å². The van der Waals surface area contributed by atoms with Crippen LogP contribution in [0, 0.1) is 11.8 Å². The molecular weight excluding hydrogens is 277 g/mol. The molecule has 0 aromatic heterocycles. The van der Waals surface area contributed by atoms with Gasteiger partial charge in [-0.2, -0.15) is 0 Å². The summed E-state index contributed by atoms with van der Waals surface area (Å²) >= 11 is 12.5. The van der Waals surface area contributed by atoms with Crippen molar-refractivity contribution in [3.8, 4) is 0 Å². The third kappa shape index (κ3) is 6.16. The highest BCUT2D eigenvalue weighted by atomic mass is 35.5. The molecule has 1 nitrogen and oxygen atoms in total. The van der Waals surface area contributed by atoms with E-state index in [1.807, 2.05) is 18.2 Å². The molecule has 3 heteroatoms. The largest absolute Gasteiger partial charge is 0.316 e. The van der Waals surface area contributed by atoms with Crippen LogP contribution < -0.4 is 5.32 Å².